The highest BCUT2D eigenvalue weighted by Crippen LogP contribution is 2.37. The first kappa shape index (κ1) is 20.8. The molecule has 0 aliphatic heterocycles. The third-order valence-electron chi connectivity index (χ3n) is 5.61. The number of nitrogens with one attached hydrogen (secondary N) is 2. The van der Waals surface area contributed by atoms with Gasteiger partial charge in [0.15, 0.2) is 5.82 Å². The van der Waals surface area contributed by atoms with E-state index < -0.39 is 17.5 Å². The normalized spacial score (nSPS) is 20.2. The number of hydrogen-bond acceptors (Lipinski definition) is 7. The van der Waals surface area contributed by atoms with Crippen LogP contribution in [-0.2, 0) is 4.74 Å². The first-order valence-corrected chi connectivity index (χ1v) is 9.89. The maximum atomic E-state index is 15.1. The SMILES string of the molecule is CNc1cncc(-c2cc3cc(NC(=O)O[C@H]4C[C@](C)(O)C4)ncc3c(N)c2F)c1C. The van der Waals surface area contributed by atoms with Crippen molar-refractivity contribution < 1.29 is 19.0 Å². The number of carbonyl (C=O) groups is 1. The molecule has 4 rings (SSSR count). The maximum absolute atomic E-state index is 15.1. The van der Waals surface area contributed by atoms with Gasteiger partial charge in [-0.25, -0.2) is 14.2 Å². The molecular formula is C22H24FN5O3. The van der Waals surface area contributed by atoms with Gasteiger partial charge < -0.3 is 20.9 Å². The maximum Gasteiger partial charge on any atom is 0.413 e. The number of nitrogens with two attached hydrogens (primary N) is 1. The largest absolute Gasteiger partial charge is 0.446 e. The summed E-state index contributed by atoms with van der Waals surface area (Å²) in [5, 5.41) is 16.4. The Bertz CT molecular complexity index is 1170. The molecule has 0 saturated heterocycles. The Morgan fingerprint density at radius 2 is 2.03 bits per heavy atom. The number of halogens is 1. The van der Waals surface area contributed by atoms with Crippen molar-refractivity contribution in [2.24, 2.45) is 0 Å². The van der Waals surface area contributed by atoms with Gasteiger partial charge in [-0.3, -0.25) is 10.3 Å². The number of carbonyl (C=O) groups excluding carboxylic acids is 1. The summed E-state index contributed by atoms with van der Waals surface area (Å²) in [7, 11) is 1.77. The minimum absolute atomic E-state index is 0.0277. The van der Waals surface area contributed by atoms with Gasteiger partial charge in [0.2, 0.25) is 0 Å². The fourth-order valence-electron chi connectivity index (χ4n) is 3.90. The van der Waals surface area contributed by atoms with Crippen LogP contribution in [0.4, 0.5) is 26.4 Å². The molecule has 1 fully saturated rings. The summed E-state index contributed by atoms with van der Waals surface area (Å²) in [5.74, 6) is -0.302. The lowest BCUT2D eigenvalue weighted by Crippen LogP contribution is -2.47. The molecular weight excluding hydrogens is 401 g/mol. The van der Waals surface area contributed by atoms with E-state index in [9.17, 15) is 9.90 Å². The van der Waals surface area contributed by atoms with E-state index in [0.717, 1.165) is 11.3 Å². The molecule has 162 valence electrons. The zero-order chi connectivity index (χ0) is 22.3. The summed E-state index contributed by atoms with van der Waals surface area (Å²) in [5.41, 5.74) is 7.78. The van der Waals surface area contributed by atoms with Crippen molar-refractivity contribution in [2.45, 2.75) is 38.4 Å². The van der Waals surface area contributed by atoms with Crippen LogP contribution >= 0.6 is 0 Å². The molecule has 0 atom stereocenters. The van der Waals surface area contributed by atoms with Gasteiger partial charge in [-0.05, 0) is 36.9 Å². The molecule has 2 heterocycles. The molecule has 3 aromatic rings. The summed E-state index contributed by atoms with van der Waals surface area (Å²) < 4.78 is 20.3. The Morgan fingerprint density at radius 1 is 1.29 bits per heavy atom. The Labute approximate surface area is 178 Å². The van der Waals surface area contributed by atoms with E-state index in [4.69, 9.17) is 10.5 Å². The number of ether oxygens (including phenoxy) is 1. The molecule has 1 saturated carbocycles. The van der Waals surface area contributed by atoms with Crippen molar-refractivity contribution in [3.63, 3.8) is 0 Å². The Balaban J connectivity index is 1.65. The number of amides is 1. The zero-order valence-electron chi connectivity index (χ0n) is 17.5. The highest BCUT2D eigenvalue weighted by Gasteiger charge is 2.40. The third kappa shape index (κ3) is 3.96. The molecule has 1 aromatic carbocycles. The molecule has 0 unspecified atom stereocenters. The summed E-state index contributed by atoms with van der Waals surface area (Å²) in [4.78, 5) is 20.5. The summed E-state index contributed by atoms with van der Waals surface area (Å²) in [6.07, 6.45) is 4.46. The third-order valence-corrected chi connectivity index (χ3v) is 5.61. The van der Waals surface area contributed by atoms with Crippen molar-refractivity contribution in [1.29, 1.82) is 0 Å². The van der Waals surface area contributed by atoms with Crippen LogP contribution in [0, 0.1) is 12.7 Å². The molecule has 31 heavy (non-hydrogen) atoms. The topological polar surface area (TPSA) is 122 Å². The van der Waals surface area contributed by atoms with Crippen molar-refractivity contribution >= 4 is 34.1 Å². The number of fused-ring (bicyclic) bond motifs is 1. The smallest absolute Gasteiger partial charge is 0.413 e. The predicted octanol–water partition coefficient (Wildman–Crippen LogP) is 3.83. The molecule has 1 amide bonds. The second-order valence-electron chi connectivity index (χ2n) is 8.11. The van der Waals surface area contributed by atoms with Gasteiger partial charge in [0.1, 0.15) is 11.9 Å². The lowest BCUT2D eigenvalue weighted by atomic mass is 9.79. The Kier molecular flexibility index (Phi) is 5.14. The predicted molar refractivity (Wildman–Crippen MR) is 117 cm³/mol. The van der Waals surface area contributed by atoms with Crippen LogP contribution in [0.15, 0.2) is 30.7 Å². The summed E-state index contributed by atoms with van der Waals surface area (Å²) >= 11 is 0. The van der Waals surface area contributed by atoms with E-state index >= 15 is 4.39 Å². The van der Waals surface area contributed by atoms with Gasteiger partial charge in [0.05, 0.1) is 23.2 Å². The van der Waals surface area contributed by atoms with Crippen LogP contribution in [0.1, 0.15) is 25.3 Å². The fraction of sp³-hybridized carbons (Fsp3) is 0.318. The number of nitrogens with zero attached hydrogens (tertiary/aromatic N) is 2. The van der Waals surface area contributed by atoms with Crippen LogP contribution in [0.25, 0.3) is 21.9 Å². The Morgan fingerprint density at radius 3 is 2.71 bits per heavy atom. The fourth-order valence-corrected chi connectivity index (χ4v) is 3.90. The van der Waals surface area contributed by atoms with Crippen molar-refractivity contribution in [3.8, 4) is 11.1 Å². The van der Waals surface area contributed by atoms with Crippen LogP contribution in [0.2, 0.25) is 0 Å². The van der Waals surface area contributed by atoms with E-state index in [1.54, 1.807) is 38.5 Å². The minimum Gasteiger partial charge on any atom is -0.446 e. The second kappa shape index (κ2) is 7.66. The zero-order valence-corrected chi connectivity index (χ0v) is 17.5. The second-order valence-corrected chi connectivity index (χ2v) is 8.11. The van der Waals surface area contributed by atoms with Crippen molar-refractivity contribution in [3.05, 3.63) is 42.1 Å². The lowest BCUT2D eigenvalue weighted by Gasteiger charge is -2.39. The van der Waals surface area contributed by atoms with Gasteiger partial charge in [-0.15, -0.1) is 0 Å². The van der Waals surface area contributed by atoms with Crippen LogP contribution in [0.3, 0.4) is 0 Å². The number of nitrogen functional groups attached to an aromatic ring is 1. The molecule has 9 heteroatoms. The number of hydrogen-bond donors (Lipinski definition) is 4. The molecule has 5 N–H and O–H groups in total. The summed E-state index contributed by atoms with van der Waals surface area (Å²) in [6.45, 7) is 3.57. The number of aromatic nitrogens is 2. The lowest BCUT2D eigenvalue weighted by molar-refractivity contribution is -0.100. The molecule has 0 bridgehead atoms. The van der Waals surface area contributed by atoms with Gasteiger partial charge >= 0.3 is 6.09 Å². The Hall–Kier alpha value is -3.46. The van der Waals surface area contributed by atoms with Gasteiger partial charge in [-0.1, -0.05) is 0 Å². The first-order valence-electron chi connectivity index (χ1n) is 9.89. The van der Waals surface area contributed by atoms with Crippen molar-refractivity contribution in [1.82, 2.24) is 9.97 Å². The van der Waals surface area contributed by atoms with Gasteiger partial charge in [0.25, 0.3) is 0 Å². The van der Waals surface area contributed by atoms with Crippen molar-refractivity contribution in [2.75, 3.05) is 23.4 Å². The number of benzene rings is 1. The molecule has 0 radical (unpaired) electrons. The van der Waals surface area contributed by atoms with E-state index in [0.29, 0.717) is 34.7 Å². The van der Waals surface area contributed by atoms with E-state index in [-0.39, 0.29) is 17.6 Å². The monoisotopic (exact) mass is 425 g/mol. The number of anilines is 3. The van der Waals surface area contributed by atoms with E-state index in [2.05, 4.69) is 20.6 Å². The van der Waals surface area contributed by atoms with E-state index in [1.165, 1.54) is 6.20 Å². The summed E-state index contributed by atoms with van der Waals surface area (Å²) in [6, 6.07) is 3.27. The average Bonchev–Trinajstić information content (AvgIpc) is 2.69. The van der Waals surface area contributed by atoms with Crippen LogP contribution in [0.5, 0.6) is 0 Å². The van der Waals surface area contributed by atoms with E-state index in [1.807, 2.05) is 6.92 Å². The van der Waals surface area contributed by atoms with Crippen LogP contribution < -0.4 is 16.4 Å². The molecule has 1 aliphatic carbocycles. The van der Waals surface area contributed by atoms with Crippen LogP contribution in [-0.4, -0.2) is 39.9 Å². The number of aliphatic hydroxyl groups is 1. The molecule has 2 aromatic heterocycles. The highest BCUT2D eigenvalue weighted by atomic mass is 19.1. The molecule has 1 aliphatic rings. The first-order chi connectivity index (χ1) is 14.7. The van der Waals surface area contributed by atoms with Gasteiger partial charge in [0, 0.05) is 48.8 Å². The molecule has 0 spiro atoms. The number of rotatable bonds is 4. The molecule has 8 nitrogen and oxygen atoms in total. The number of pyridine rings is 2. The average molecular weight is 425 g/mol. The standard InChI is InChI=1S/C22H24FN5O3/c1-11-15(8-26-10-17(11)25-3)14-4-12-5-18(27-9-16(12)20(24)19(14)23)28-21(29)31-13-6-22(2,30)7-13/h4-5,8-10,13,25,30H,6-7,24H2,1-3H3,(H,27,28,29)/t13-,22-. The minimum atomic E-state index is -0.790. The van der Waals surface area contributed by atoms with Gasteiger partial charge in [-0.2, -0.15) is 0 Å². The highest BCUT2D eigenvalue weighted by molar-refractivity contribution is 5.99. The quantitative estimate of drug-likeness (QED) is 0.469.